The van der Waals surface area contributed by atoms with Crippen LogP contribution in [0.3, 0.4) is 0 Å². The lowest BCUT2D eigenvalue weighted by atomic mass is 10.1. The fourth-order valence-corrected chi connectivity index (χ4v) is 4.42. The normalized spacial score (nSPS) is 12.2. The highest BCUT2D eigenvalue weighted by molar-refractivity contribution is 7.92. The number of benzene rings is 2. The molecule has 0 radical (unpaired) electrons. The number of sulfonamides is 1. The van der Waals surface area contributed by atoms with Gasteiger partial charge in [-0.1, -0.05) is 23.7 Å². The first-order valence-electron chi connectivity index (χ1n) is 10.7. The van der Waals surface area contributed by atoms with Gasteiger partial charge in [-0.05, 0) is 50.1 Å². The number of nitrogens with zero attached hydrogens (tertiary/aromatic N) is 2. The van der Waals surface area contributed by atoms with Crippen molar-refractivity contribution in [2.45, 2.75) is 39.3 Å². The Morgan fingerprint density at radius 3 is 2.29 bits per heavy atom. The van der Waals surface area contributed by atoms with E-state index in [1.807, 2.05) is 0 Å². The van der Waals surface area contributed by atoms with Crippen molar-refractivity contribution in [3.8, 4) is 0 Å². The summed E-state index contributed by atoms with van der Waals surface area (Å²) >= 11 is 5.93. The molecule has 1 unspecified atom stereocenters. The van der Waals surface area contributed by atoms with Crippen LogP contribution in [0.25, 0.3) is 0 Å². The predicted octanol–water partition coefficient (Wildman–Crippen LogP) is 3.72. The first-order chi connectivity index (χ1) is 15.9. The summed E-state index contributed by atoms with van der Waals surface area (Å²) in [5.74, 6) is -2.94. The van der Waals surface area contributed by atoms with Crippen LogP contribution in [0, 0.1) is 11.6 Å². The molecular weight excluding hydrogens is 488 g/mol. The zero-order valence-corrected chi connectivity index (χ0v) is 20.8. The Balaban J connectivity index is 2.16. The monoisotopic (exact) mass is 515 g/mol. The molecule has 7 nitrogen and oxygen atoms in total. The van der Waals surface area contributed by atoms with Gasteiger partial charge in [0.1, 0.15) is 6.04 Å². The highest BCUT2D eigenvalue weighted by atomic mass is 35.5. The molecule has 0 spiro atoms. The number of carbonyl (C=O) groups is 2. The lowest BCUT2D eigenvalue weighted by molar-refractivity contribution is -0.140. The van der Waals surface area contributed by atoms with E-state index < -0.39 is 27.7 Å². The van der Waals surface area contributed by atoms with Crippen LogP contribution in [0.4, 0.5) is 14.5 Å². The Hall–Kier alpha value is -2.72. The number of nitrogens with one attached hydrogen (secondary N) is 1. The van der Waals surface area contributed by atoms with Crippen LogP contribution < -0.4 is 9.62 Å². The molecule has 2 amide bonds. The summed E-state index contributed by atoms with van der Waals surface area (Å²) < 4.78 is 52.3. The molecule has 0 aromatic heterocycles. The third-order valence-electron chi connectivity index (χ3n) is 5.13. The number of likely N-dealkylation sites (N-methyl/N-ethyl adjacent to an activating group) is 1. The van der Waals surface area contributed by atoms with Gasteiger partial charge in [0.2, 0.25) is 21.8 Å². The Morgan fingerprint density at radius 1 is 1.09 bits per heavy atom. The largest absolute Gasteiger partial charge is 0.355 e. The number of hydrogen-bond acceptors (Lipinski definition) is 4. The van der Waals surface area contributed by atoms with Gasteiger partial charge in [-0.2, -0.15) is 0 Å². The molecule has 0 aliphatic heterocycles. The number of anilines is 1. The molecule has 1 N–H and O–H groups in total. The second kappa shape index (κ2) is 12.1. The second-order valence-electron chi connectivity index (χ2n) is 7.76. The maximum Gasteiger partial charge on any atom is 0.242 e. The van der Waals surface area contributed by atoms with E-state index in [0.29, 0.717) is 11.6 Å². The summed E-state index contributed by atoms with van der Waals surface area (Å²) in [6, 6.07) is 8.90. The summed E-state index contributed by atoms with van der Waals surface area (Å²) in [5, 5.41) is 3.23. The van der Waals surface area contributed by atoms with E-state index in [-0.39, 0.29) is 43.4 Å². The summed E-state index contributed by atoms with van der Waals surface area (Å²) in [6.07, 6.45) is 0.983. The molecule has 2 aromatic carbocycles. The van der Waals surface area contributed by atoms with E-state index in [2.05, 4.69) is 5.32 Å². The van der Waals surface area contributed by atoms with Crippen LogP contribution in [0.5, 0.6) is 0 Å². The molecule has 0 heterocycles. The molecule has 2 rings (SSSR count). The standard InChI is InChI=1S/C23H28ClF2N3O4S/c1-4-27-23(31)16(2)28(15-17-7-9-18(24)10-8-17)22(30)6-5-13-29(34(3,32)33)19-11-12-20(25)21(26)14-19/h7-12,14,16H,4-6,13,15H2,1-3H3,(H,27,31). The summed E-state index contributed by atoms with van der Waals surface area (Å²) in [6.45, 7) is 3.83. The van der Waals surface area contributed by atoms with Crippen molar-refractivity contribution < 1.29 is 26.8 Å². The Labute approximate surface area is 203 Å². The van der Waals surface area contributed by atoms with Gasteiger partial charge in [0.25, 0.3) is 0 Å². The van der Waals surface area contributed by atoms with Crippen molar-refractivity contribution in [1.29, 1.82) is 0 Å². The van der Waals surface area contributed by atoms with Gasteiger partial charge in [0, 0.05) is 37.1 Å². The maximum atomic E-state index is 13.6. The van der Waals surface area contributed by atoms with E-state index in [0.717, 1.165) is 34.3 Å². The number of amides is 2. The molecule has 0 bridgehead atoms. The fourth-order valence-electron chi connectivity index (χ4n) is 3.34. The number of hydrogen-bond donors (Lipinski definition) is 1. The van der Waals surface area contributed by atoms with Crippen molar-refractivity contribution in [3.05, 3.63) is 64.7 Å². The van der Waals surface area contributed by atoms with Crippen molar-refractivity contribution in [1.82, 2.24) is 10.2 Å². The number of halogens is 3. The molecule has 0 fully saturated rings. The molecule has 34 heavy (non-hydrogen) atoms. The maximum absolute atomic E-state index is 13.6. The minimum absolute atomic E-state index is 0.0393. The highest BCUT2D eigenvalue weighted by Crippen LogP contribution is 2.22. The van der Waals surface area contributed by atoms with Crippen LogP contribution in [0.1, 0.15) is 32.3 Å². The van der Waals surface area contributed by atoms with E-state index in [1.54, 1.807) is 38.1 Å². The second-order valence-corrected chi connectivity index (χ2v) is 10.1. The Kier molecular flexibility index (Phi) is 9.81. The third kappa shape index (κ3) is 7.66. The van der Waals surface area contributed by atoms with Crippen molar-refractivity contribution in [3.63, 3.8) is 0 Å². The molecule has 11 heteroatoms. The molecule has 0 saturated heterocycles. The van der Waals surface area contributed by atoms with Crippen LogP contribution in [0.2, 0.25) is 5.02 Å². The zero-order valence-electron chi connectivity index (χ0n) is 19.2. The quantitative estimate of drug-likeness (QED) is 0.494. The van der Waals surface area contributed by atoms with Gasteiger partial charge in [-0.25, -0.2) is 17.2 Å². The van der Waals surface area contributed by atoms with Gasteiger partial charge < -0.3 is 10.2 Å². The summed E-state index contributed by atoms with van der Waals surface area (Å²) in [4.78, 5) is 26.9. The molecule has 186 valence electrons. The molecule has 0 aliphatic carbocycles. The van der Waals surface area contributed by atoms with Gasteiger partial charge in [0.05, 0.1) is 11.9 Å². The van der Waals surface area contributed by atoms with Gasteiger partial charge in [0.15, 0.2) is 11.6 Å². The van der Waals surface area contributed by atoms with E-state index in [1.165, 1.54) is 4.90 Å². The molecule has 0 aliphatic rings. The molecule has 2 aromatic rings. The van der Waals surface area contributed by atoms with Crippen LogP contribution in [0.15, 0.2) is 42.5 Å². The summed E-state index contributed by atoms with van der Waals surface area (Å²) in [7, 11) is -3.81. The zero-order chi connectivity index (χ0) is 25.5. The molecule has 0 saturated carbocycles. The van der Waals surface area contributed by atoms with Crippen LogP contribution in [-0.2, 0) is 26.2 Å². The minimum atomic E-state index is -3.81. The molecule has 1 atom stereocenters. The van der Waals surface area contributed by atoms with E-state index >= 15 is 0 Å². The topological polar surface area (TPSA) is 86.8 Å². The Bertz CT molecular complexity index is 1110. The lowest BCUT2D eigenvalue weighted by Crippen LogP contribution is -2.47. The third-order valence-corrected chi connectivity index (χ3v) is 6.57. The van der Waals surface area contributed by atoms with Crippen molar-refractivity contribution in [2.75, 3.05) is 23.7 Å². The van der Waals surface area contributed by atoms with Crippen molar-refractivity contribution >= 4 is 39.1 Å². The number of carbonyl (C=O) groups excluding carboxylic acids is 2. The van der Waals surface area contributed by atoms with E-state index in [4.69, 9.17) is 11.6 Å². The van der Waals surface area contributed by atoms with Crippen LogP contribution >= 0.6 is 11.6 Å². The highest BCUT2D eigenvalue weighted by Gasteiger charge is 2.26. The fraction of sp³-hybridized carbons (Fsp3) is 0.391. The Morgan fingerprint density at radius 2 is 1.74 bits per heavy atom. The number of rotatable bonds is 11. The first kappa shape index (κ1) is 27.5. The average Bonchev–Trinajstić information content (AvgIpc) is 2.77. The lowest BCUT2D eigenvalue weighted by Gasteiger charge is -2.29. The van der Waals surface area contributed by atoms with Gasteiger partial charge in [-0.3, -0.25) is 13.9 Å². The first-order valence-corrected chi connectivity index (χ1v) is 12.9. The van der Waals surface area contributed by atoms with Crippen LogP contribution in [-0.4, -0.2) is 50.5 Å². The van der Waals surface area contributed by atoms with Gasteiger partial charge in [-0.15, -0.1) is 0 Å². The smallest absolute Gasteiger partial charge is 0.242 e. The SMILES string of the molecule is CCNC(=O)C(C)N(Cc1ccc(Cl)cc1)C(=O)CCCN(c1ccc(F)c(F)c1)S(C)(=O)=O. The van der Waals surface area contributed by atoms with E-state index in [9.17, 15) is 26.8 Å². The van der Waals surface area contributed by atoms with Gasteiger partial charge >= 0.3 is 0 Å². The molecular formula is C23H28ClF2N3O4S. The van der Waals surface area contributed by atoms with Crippen molar-refractivity contribution in [2.24, 2.45) is 0 Å². The predicted molar refractivity (Wildman–Crippen MR) is 128 cm³/mol. The average molecular weight is 516 g/mol. The minimum Gasteiger partial charge on any atom is -0.355 e. The summed E-state index contributed by atoms with van der Waals surface area (Å²) in [5.41, 5.74) is 0.732.